The summed E-state index contributed by atoms with van der Waals surface area (Å²) < 4.78 is 0. The van der Waals surface area contributed by atoms with Gasteiger partial charge in [0.2, 0.25) is 5.91 Å². The van der Waals surface area contributed by atoms with Gasteiger partial charge in [0.1, 0.15) is 5.82 Å². The van der Waals surface area contributed by atoms with Crippen molar-refractivity contribution >= 4 is 11.7 Å². The summed E-state index contributed by atoms with van der Waals surface area (Å²) in [6, 6.07) is 4.01. The van der Waals surface area contributed by atoms with Crippen LogP contribution >= 0.6 is 0 Å². The normalized spacial score (nSPS) is 16.5. The second-order valence-electron chi connectivity index (χ2n) is 4.96. The fourth-order valence-electron chi connectivity index (χ4n) is 2.42. The van der Waals surface area contributed by atoms with Gasteiger partial charge in [0, 0.05) is 13.1 Å². The Labute approximate surface area is 108 Å². The van der Waals surface area contributed by atoms with Crippen LogP contribution in [0.15, 0.2) is 18.3 Å². The second-order valence-corrected chi connectivity index (χ2v) is 4.96. The van der Waals surface area contributed by atoms with Crippen LogP contribution in [0.5, 0.6) is 0 Å². The molecular weight excluding hydrogens is 226 g/mol. The summed E-state index contributed by atoms with van der Waals surface area (Å²) in [7, 11) is 0. The third-order valence-corrected chi connectivity index (χ3v) is 3.43. The van der Waals surface area contributed by atoms with Gasteiger partial charge in [0.15, 0.2) is 0 Å². The summed E-state index contributed by atoms with van der Waals surface area (Å²) in [4.78, 5) is 15.1. The quantitative estimate of drug-likeness (QED) is 0.855. The lowest BCUT2D eigenvalue weighted by atomic mass is 9.91. The van der Waals surface area contributed by atoms with Crippen molar-refractivity contribution in [2.24, 2.45) is 5.92 Å². The molecule has 4 nitrogen and oxygen atoms in total. The topological polar surface area (TPSA) is 54.0 Å². The molecule has 1 aromatic heterocycles. The van der Waals surface area contributed by atoms with Crippen LogP contribution in [0.1, 0.15) is 31.7 Å². The molecule has 0 unspecified atom stereocenters. The van der Waals surface area contributed by atoms with Crippen LogP contribution in [0.3, 0.4) is 0 Å². The van der Waals surface area contributed by atoms with Crippen molar-refractivity contribution in [2.45, 2.75) is 32.6 Å². The van der Waals surface area contributed by atoms with E-state index in [1.165, 1.54) is 31.7 Å². The summed E-state index contributed by atoms with van der Waals surface area (Å²) in [6.45, 7) is 3.81. The molecule has 2 heterocycles. The van der Waals surface area contributed by atoms with Gasteiger partial charge in [-0.25, -0.2) is 4.98 Å². The molecule has 0 radical (unpaired) electrons. The zero-order valence-electron chi connectivity index (χ0n) is 10.9. The van der Waals surface area contributed by atoms with E-state index in [0.29, 0.717) is 5.82 Å². The first-order valence-electron chi connectivity index (χ1n) is 6.67. The van der Waals surface area contributed by atoms with E-state index in [4.69, 9.17) is 0 Å². The molecule has 98 valence electrons. The fraction of sp³-hybridized carbons (Fsp3) is 0.571. The Balaban J connectivity index is 1.86. The first-order chi connectivity index (χ1) is 8.74. The molecule has 1 amide bonds. The van der Waals surface area contributed by atoms with Gasteiger partial charge in [-0.05, 0) is 62.4 Å². The van der Waals surface area contributed by atoms with Crippen molar-refractivity contribution in [3.05, 3.63) is 23.9 Å². The zero-order chi connectivity index (χ0) is 12.8. The number of aryl methyl sites for hydroxylation is 1. The van der Waals surface area contributed by atoms with Crippen LogP contribution in [0.25, 0.3) is 0 Å². The van der Waals surface area contributed by atoms with E-state index in [1.807, 2.05) is 12.1 Å². The Morgan fingerprint density at radius 1 is 1.50 bits per heavy atom. The third-order valence-electron chi connectivity index (χ3n) is 3.43. The lowest BCUT2D eigenvalue weighted by Crippen LogP contribution is -2.27. The molecule has 2 N–H and O–H groups in total. The smallest absolute Gasteiger partial charge is 0.222 e. The molecule has 0 saturated carbocycles. The SMILES string of the molecule is CC(=O)Nc1cc(CCC2CCNCC2)ccn1. The van der Waals surface area contributed by atoms with E-state index in [0.717, 1.165) is 25.4 Å². The Morgan fingerprint density at radius 2 is 2.28 bits per heavy atom. The highest BCUT2D eigenvalue weighted by atomic mass is 16.1. The number of amides is 1. The highest BCUT2D eigenvalue weighted by Crippen LogP contribution is 2.19. The van der Waals surface area contributed by atoms with Gasteiger partial charge < -0.3 is 10.6 Å². The average Bonchev–Trinajstić information content (AvgIpc) is 2.37. The molecule has 0 bridgehead atoms. The fourth-order valence-corrected chi connectivity index (χ4v) is 2.42. The number of carbonyl (C=O) groups is 1. The van der Waals surface area contributed by atoms with Gasteiger partial charge in [-0.2, -0.15) is 0 Å². The lowest BCUT2D eigenvalue weighted by Gasteiger charge is -2.22. The van der Waals surface area contributed by atoms with Gasteiger partial charge >= 0.3 is 0 Å². The third kappa shape index (κ3) is 4.11. The minimum absolute atomic E-state index is 0.0713. The standard InChI is InChI=1S/C14H21N3O/c1-11(18)17-14-10-13(6-9-16-14)3-2-12-4-7-15-8-5-12/h6,9-10,12,15H,2-5,7-8H2,1H3,(H,16,17,18). The summed E-state index contributed by atoms with van der Waals surface area (Å²) in [5, 5.41) is 6.11. The van der Waals surface area contributed by atoms with Crippen LogP contribution in [0, 0.1) is 5.92 Å². The van der Waals surface area contributed by atoms with E-state index in [-0.39, 0.29) is 5.91 Å². The molecule has 1 aliphatic rings. The van der Waals surface area contributed by atoms with Gasteiger partial charge in [-0.3, -0.25) is 4.79 Å². The van der Waals surface area contributed by atoms with Crippen molar-refractivity contribution in [3.63, 3.8) is 0 Å². The Kier molecular flexibility index (Phi) is 4.70. The van der Waals surface area contributed by atoms with E-state index < -0.39 is 0 Å². The number of hydrogen-bond donors (Lipinski definition) is 2. The number of piperidine rings is 1. The molecule has 4 heteroatoms. The van der Waals surface area contributed by atoms with Crippen LogP contribution in [-0.4, -0.2) is 24.0 Å². The molecule has 0 spiro atoms. The molecule has 0 aromatic carbocycles. The van der Waals surface area contributed by atoms with E-state index >= 15 is 0 Å². The number of nitrogens with zero attached hydrogens (tertiary/aromatic N) is 1. The number of nitrogens with one attached hydrogen (secondary N) is 2. The molecule has 1 aromatic rings. The van der Waals surface area contributed by atoms with Crippen LogP contribution in [0.4, 0.5) is 5.82 Å². The summed E-state index contributed by atoms with van der Waals surface area (Å²) in [5.74, 6) is 1.42. The molecule has 18 heavy (non-hydrogen) atoms. The van der Waals surface area contributed by atoms with Gasteiger partial charge in [0.05, 0.1) is 0 Å². The number of rotatable bonds is 4. The average molecular weight is 247 g/mol. The van der Waals surface area contributed by atoms with E-state index in [9.17, 15) is 4.79 Å². The molecular formula is C14H21N3O. The second kappa shape index (κ2) is 6.50. The number of aromatic nitrogens is 1. The number of hydrogen-bond acceptors (Lipinski definition) is 3. The molecule has 0 atom stereocenters. The lowest BCUT2D eigenvalue weighted by molar-refractivity contribution is -0.114. The number of anilines is 1. The van der Waals surface area contributed by atoms with E-state index in [1.54, 1.807) is 6.20 Å². The molecule has 1 saturated heterocycles. The minimum Gasteiger partial charge on any atom is -0.317 e. The van der Waals surface area contributed by atoms with Crippen molar-refractivity contribution in [1.82, 2.24) is 10.3 Å². The first kappa shape index (κ1) is 13.0. The van der Waals surface area contributed by atoms with Crippen molar-refractivity contribution < 1.29 is 4.79 Å². The maximum Gasteiger partial charge on any atom is 0.222 e. The number of carbonyl (C=O) groups excluding carboxylic acids is 1. The van der Waals surface area contributed by atoms with Gasteiger partial charge in [-0.1, -0.05) is 0 Å². The summed E-state index contributed by atoms with van der Waals surface area (Å²) >= 11 is 0. The zero-order valence-corrected chi connectivity index (χ0v) is 10.9. The maximum atomic E-state index is 11.0. The minimum atomic E-state index is -0.0713. The van der Waals surface area contributed by atoms with Gasteiger partial charge in [-0.15, -0.1) is 0 Å². The first-order valence-corrected chi connectivity index (χ1v) is 6.67. The summed E-state index contributed by atoms with van der Waals surface area (Å²) in [5.41, 5.74) is 1.26. The predicted molar refractivity (Wildman–Crippen MR) is 72.5 cm³/mol. The molecule has 2 rings (SSSR count). The highest BCUT2D eigenvalue weighted by Gasteiger charge is 2.12. The van der Waals surface area contributed by atoms with Crippen LogP contribution in [0.2, 0.25) is 0 Å². The van der Waals surface area contributed by atoms with Gasteiger partial charge in [0.25, 0.3) is 0 Å². The largest absolute Gasteiger partial charge is 0.317 e. The molecule has 0 aliphatic carbocycles. The Hall–Kier alpha value is -1.42. The monoisotopic (exact) mass is 247 g/mol. The molecule has 1 fully saturated rings. The number of pyridine rings is 1. The Morgan fingerprint density at radius 3 is 3.00 bits per heavy atom. The molecule has 1 aliphatic heterocycles. The van der Waals surface area contributed by atoms with Crippen LogP contribution < -0.4 is 10.6 Å². The highest BCUT2D eigenvalue weighted by molar-refractivity contribution is 5.87. The maximum absolute atomic E-state index is 11.0. The Bertz CT molecular complexity index is 400. The van der Waals surface area contributed by atoms with Crippen molar-refractivity contribution in [1.29, 1.82) is 0 Å². The van der Waals surface area contributed by atoms with Crippen molar-refractivity contribution in [3.8, 4) is 0 Å². The predicted octanol–water partition coefficient (Wildman–Crippen LogP) is 1.97. The van der Waals surface area contributed by atoms with Crippen LogP contribution in [-0.2, 0) is 11.2 Å². The summed E-state index contributed by atoms with van der Waals surface area (Å²) in [6.07, 6.45) is 6.63. The van der Waals surface area contributed by atoms with E-state index in [2.05, 4.69) is 15.6 Å². The van der Waals surface area contributed by atoms with Crippen molar-refractivity contribution in [2.75, 3.05) is 18.4 Å².